The van der Waals surface area contributed by atoms with E-state index in [4.69, 9.17) is 4.42 Å². The molecule has 0 saturated carbocycles. The summed E-state index contributed by atoms with van der Waals surface area (Å²) in [5.74, 6) is -0.149. The number of carbonyl (C=O) groups is 1. The number of amides is 1. The van der Waals surface area contributed by atoms with Crippen molar-refractivity contribution < 1.29 is 9.21 Å². The lowest BCUT2D eigenvalue weighted by Gasteiger charge is -2.08. The van der Waals surface area contributed by atoms with Crippen LogP contribution in [0.25, 0.3) is 11.8 Å². The highest BCUT2D eigenvalue weighted by molar-refractivity contribution is 6.09. The van der Waals surface area contributed by atoms with Crippen molar-refractivity contribution >= 4 is 17.7 Å². The molecule has 0 spiro atoms. The molecule has 1 aromatic carbocycles. The van der Waals surface area contributed by atoms with Gasteiger partial charge in [0.05, 0.1) is 12.0 Å². The van der Waals surface area contributed by atoms with Gasteiger partial charge in [-0.2, -0.15) is 5.26 Å². The van der Waals surface area contributed by atoms with Gasteiger partial charge >= 0.3 is 5.69 Å². The molecule has 2 aromatic heterocycles. The summed E-state index contributed by atoms with van der Waals surface area (Å²) < 4.78 is 6.60. The van der Waals surface area contributed by atoms with Crippen LogP contribution in [0.4, 0.5) is 5.69 Å². The van der Waals surface area contributed by atoms with Gasteiger partial charge < -0.3 is 14.7 Å². The lowest BCUT2D eigenvalue weighted by atomic mass is 10.2. The first-order valence-corrected chi connectivity index (χ1v) is 7.42. The summed E-state index contributed by atoms with van der Waals surface area (Å²) in [6.07, 6.45) is 4.42. The number of aromatic nitrogens is 2. The van der Waals surface area contributed by atoms with Gasteiger partial charge in [-0.15, -0.1) is 0 Å². The Bertz CT molecular complexity index is 1030. The highest BCUT2D eigenvalue weighted by Gasteiger charge is 2.11. The number of rotatable bonds is 4. The van der Waals surface area contributed by atoms with Gasteiger partial charge in [-0.3, -0.25) is 9.36 Å². The summed E-state index contributed by atoms with van der Waals surface area (Å²) in [5, 5.41) is 11.8. The normalized spacial score (nSPS) is 11.1. The van der Waals surface area contributed by atoms with E-state index in [-0.39, 0.29) is 11.3 Å². The fourth-order valence-corrected chi connectivity index (χ4v) is 2.36. The Kier molecular flexibility index (Phi) is 4.35. The van der Waals surface area contributed by atoms with Crippen LogP contribution < -0.4 is 11.0 Å². The zero-order valence-corrected chi connectivity index (χ0v) is 13.3. The largest absolute Gasteiger partial charge is 0.465 e. The molecule has 7 heteroatoms. The number of anilines is 1. The smallest absolute Gasteiger partial charge is 0.330 e. The van der Waals surface area contributed by atoms with E-state index in [1.54, 1.807) is 49.5 Å². The summed E-state index contributed by atoms with van der Waals surface area (Å²) in [5.41, 5.74) is 1.46. The summed E-state index contributed by atoms with van der Waals surface area (Å²) >= 11 is 0. The molecule has 0 aliphatic rings. The van der Waals surface area contributed by atoms with Crippen LogP contribution in [0.5, 0.6) is 0 Å². The first-order chi connectivity index (χ1) is 12.1. The van der Waals surface area contributed by atoms with Crippen LogP contribution in [0.2, 0.25) is 0 Å². The number of hydrogen-bond donors (Lipinski definition) is 2. The molecule has 0 radical (unpaired) electrons. The number of nitriles is 1. The van der Waals surface area contributed by atoms with Crippen LogP contribution in [0.1, 0.15) is 11.5 Å². The first-order valence-electron chi connectivity index (χ1n) is 7.42. The van der Waals surface area contributed by atoms with E-state index in [1.165, 1.54) is 16.9 Å². The maximum atomic E-state index is 12.3. The van der Waals surface area contributed by atoms with Crippen molar-refractivity contribution in [2.75, 3.05) is 5.32 Å². The number of H-pyrrole nitrogens is 1. The van der Waals surface area contributed by atoms with Crippen LogP contribution >= 0.6 is 0 Å². The number of furan rings is 1. The molecule has 0 bridgehead atoms. The number of carbonyl (C=O) groups excluding carboxylic acids is 1. The molecule has 0 aliphatic heterocycles. The highest BCUT2D eigenvalue weighted by atomic mass is 16.3. The second-order valence-electron chi connectivity index (χ2n) is 5.26. The Labute approximate surface area is 142 Å². The molecule has 0 atom stereocenters. The lowest BCUT2D eigenvalue weighted by Crippen LogP contribution is -2.17. The van der Waals surface area contributed by atoms with Crippen molar-refractivity contribution in [3.8, 4) is 11.8 Å². The van der Waals surface area contributed by atoms with Crippen LogP contribution in [-0.2, 0) is 4.79 Å². The molecule has 0 aliphatic carbocycles. The fraction of sp³-hybridized carbons (Fsp3) is 0.0556. The molecule has 3 rings (SSSR count). The summed E-state index contributed by atoms with van der Waals surface area (Å²) in [6.45, 7) is 1.79. The molecule has 7 nitrogen and oxygen atoms in total. The minimum atomic E-state index is -0.561. The van der Waals surface area contributed by atoms with Gasteiger partial charge in [0.1, 0.15) is 17.4 Å². The van der Waals surface area contributed by atoms with E-state index >= 15 is 0 Å². The van der Waals surface area contributed by atoms with Gasteiger partial charge in [-0.25, -0.2) is 4.79 Å². The first kappa shape index (κ1) is 16.1. The second kappa shape index (κ2) is 6.76. The average molecular weight is 334 g/mol. The van der Waals surface area contributed by atoms with Crippen LogP contribution in [0.15, 0.2) is 63.6 Å². The minimum Gasteiger partial charge on any atom is -0.465 e. The molecular formula is C18H14N4O3. The number of hydrogen-bond acceptors (Lipinski definition) is 4. The van der Waals surface area contributed by atoms with E-state index in [0.29, 0.717) is 17.1 Å². The second-order valence-corrected chi connectivity index (χ2v) is 5.26. The molecule has 25 heavy (non-hydrogen) atoms. The molecule has 2 heterocycles. The fourth-order valence-electron chi connectivity index (χ4n) is 2.36. The number of aromatic amines is 1. The Morgan fingerprint density at radius 3 is 2.84 bits per heavy atom. The third-order valence-electron chi connectivity index (χ3n) is 3.52. The molecule has 2 N–H and O–H groups in total. The third kappa shape index (κ3) is 3.43. The van der Waals surface area contributed by atoms with E-state index in [1.807, 2.05) is 6.07 Å². The Morgan fingerprint density at radius 1 is 1.36 bits per heavy atom. The SMILES string of the molecule is Cc1c[nH]c(=O)n1-c1cccc(NC(=O)/C(C#N)=C\c2ccco2)c1. The van der Waals surface area contributed by atoms with E-state index in [0.717, 1.165) is 5.69 Å². The van der Waals surface area contributed by atoms with E-state index in [9.17, 15) is 14.9 Å². The number of nitrogens with one attached hydrogen (secondary N) is 2. The van der Waals surface area contributed by atoms with Crippen molar-refractivity contribution in [2.45, 2.75) is 6.92 Å². The van der Waals surface area contributed by atoms with Crippen molar-refractivity contribution in [3.63, 3.8) is 0 Å². The Balaban J connectivity index is 1.86. The maximum Gasteiger partial charge on any atom is 0.330 e. The third-order valence-corrected chi connectivity index (χ3v) is 3.52. The van der Waals surface area contributed by atoms with Gasteiger partial charge in [0.15, 0.2) is 0 Å². The van der Waals surface area contributed by atoms with Crippen LogP contribution in [0, 0.1) is 18.3 Å². The van der Waals surface area contributed by atoms with Gasteiger partial charge in [0.2, 0.25) is 0 Å². The molecule has 0 unspecified atom stereocenters. The topological polar surface area (TPSA) is 104 Å². The maximum absolute atomic E-state index is 12.3. The monoisotopic (exact) mass is 334 g/mol. The van der Waals surface area contributed by atoms with Gasteiger partial charge in [-0.1, -0.05) is 6.07 Å². The molecule has 0 saturated heterocycles. The van der Waals surface area contributed by atoms with E-state index in [2.05, 4.69) is 10.3 Å². The summed E-state index contributed by atoms with van der Waals surface area (Å²) in [6, 6.07) is 12.0. The minimum absolute atomic E-state index is 0.0876. The average Bonchev–Trinajstić information content (AvgIpc) is 3.22. The van der Waals surface area contributed by atoms with Crippen molar-refractivity contribution in [1.29, 1.82) is 5.26 Å². The molecular weight excluding hydrogens is 320 g/mol. The summed E-state index contributed by atoms with van der Waals surface area (Å²) in [7, 11) is 0. The quantitative estimate of drug-likeness (QED) is 0.565. The van der Waals surface area contributed by atoms with Crippen LogP contribution in [-0.4, -0.2) is 15.5 Å². The zero-order valence-electron chi connectivity index (χ0n) is 13.3. The molecule has 3 aromatic rings. The van der Waals surface area contributed by atoms with Gasteiger partial charge in [-0.05, 0) is 37.3 Å². The predicted molar refractivity (Wildman–Crippen MR) is 92.1 cm³/mol. The highest BCUT2D eigenvalue weighted by Crippen LogP contribution is 2.16. The van der Waals surface area contributed by atoms with Crippen LogP contribution in [0.3, 0.4) is 0 Å². The van der Waals surface area contributed by atoms with Crippen molar-refractivity contribution in [3.05, 3.63) is 76.4 Å². The van der Waals surface area contributed by atoms with Crippen molar-refractivity contribution in [1.82, 2.24) is 9.55 Å². The number of imidazole rings is 1. The Hall–Kier alpha value is -3.79. The molecule has 1 amide bonds. The standard InChI is InChI=1S/C18H14N4O3/c1-12-11-20-18(24)22(12)15-5-2-4-14(9-15)21-17(23)13(10-19)8-16-6-3-7-25-16/h2-9,11H,1H3,(H,20,24)(H,21,23)/b13-8-. The van der Waals surface area contributed by atoms with Crippen molar-refractivity contribution in [2.24, 2.45) is 0 Å². The Morgan fingerprint density at radius 2 is 2.20 bits per heavy atom. The predicted octanol–water partition coefficient (Wildman–Crippen LogP) is 2.61. The lowest BCUT2D eigenvalue weighted by molar-refractivity contribution is -0.112. The van der Waals surface area contributed by atoms with Gasteiger partial charge in [0, 0.05) is 23.7 Å². The van der Waals surface area contributed by atoms with Gasteiger partial charge in [0.25, 0.3) is 5.91 Å². The number of benzene rings is 1. The molecule has 124 valence electrons. The van der Waals surface area contributed by atoms with E-state index < -0.39 is 5.91 Å². The molecule has 0 fully saturated rings. The number of aryl methyl sites for hydroxylation is 1. The number of nitrogens with zero attached hydrogens (tertiary/aromatic N) is 2. The zero-order chi connectivity index (χ0) is 17.8. The summed E-state index contributed by atoms with van der Waals surface area (Å²) in [4.78, 5) is 26.8.